The second-order valence-electron chi connectivity index (χ2n) is 6.26. The van der Waals surface area contributed by atoms with E-state index in [1.165, 1.54) is 0 Å². The molecule has 1 aliphatic heterocycles. The molecule has 0 saturated carbocycles. The van der Waals surface area contributed by atoms with E-state index in [2.05, 4.69) is 0 Å². The Kier molecular flexibility index (Phi) is 5.95. The van der Waals surface area contributed by atoms with Crippen molar-refractivity contribution in [2.24, 2.45) is 0 Å². The summed E-state index contributed by atoms with van der Waals surface area (Å²) in [6.07, 6.45) is 2.33. The van der Waals surface area contributed by atoms with Gasteiger partial charge in [0.05, 0.1) is 6.10 Å². The monoisotopic (exact) mass is 359 g/mol. The smallest absolute Gasteiger partial charge is 0.253 e. The zero-order valence-electron chi connectivity index (χ0n) is 14.3. The molecule has 1 heterocycles. The lowest BCUT2D eigenvalue weighted by Gasteiger charge is -2.18. The Hall–Kier alpha value is -2.04. The molecule has 1 amide bonds. The van der Waals surface area contributed by atoms with Crippen LogP contribution in [-0.4, -0.2) is 37.2 Å². The van der Waals surface area contributed by atoms with Crippen LogP contribution in [0.25, 0.3) is 0 Å². The van der Waals surface area contributed by atoms with E-state index in [-0.39, 0.29) is 12.0 Å². The van der Waals surface area contributed by atoms with Gasteiger partial charge in [0.2, 0.25) is 0 Å². The summed E-state index contributed by atoms with van der Waals surface area (Å²) in [5, 5.41) is 0.672. The predicted octanol–water partition coefficient (Wildman–Crippen LogP) is 4.17. The van der Waals surface area contributed by atoms with Crippen LogP contribution in [0, 0.1) is 0 Å². The number of carbonyl (C=O) groups is 1. The zero-order chi connectivity index (χ0) is 17.6. The normalized spacial score (nSPS) is 16.6. The summed E-state index contributed by atoms with van der Waals surface area (Å²) >= 11 is 5.99. The quantitative estimate of drug-likeness (QED) is 0.777. The predicted molar refractivity (Wildman–Crippen MR) is 98.2 cm³/mol. The first-order valence-corrected chi connectivity index (χ1v) is 8.84. The largest absolute Gasteiger partial charge is 0.491 e. The van der Waals surface area contributed by atoms with Gasteiger partial charge in [-0.2, -0.15) is 0 Å². The van der Waals surface area contributed by atoms with Crippen LogP contribution >= 0.6 is 11.6 Å². The number of halogens is 1. The van der Waals surface area contributed by atoms with Crippen LogP contribution in [0.3, 0.4) is 0 Å². The van der Waals surface area contributed by atoms with Gasteiger partial charge >= 0.3 is 0 Å². The molecular weight excluding hydrogens is 338 g/mol. The second-order valence-corrected chi connectivity index (χ2v) is 6.70. The van der Waals surface area contributed by atoms with Gasteiger partial charge in [-0.05, 0) is 54.8 Å². The Morgan fingerprint density at radius 3 is 2.76 bits per heavy atom. The molecule has 3 rings (SSSR count). The van der Waals surface area contributed by atoms with Crippen molar-refractivity contribution >= 4 is 17.5 Å². The maximum Gasteiger partial charge on any atom is 0.253 e. The van der Waals surface area contributed by atoms with E-state index in [1.807, 2.05) is 36.4 Å². The summed E-state index contributed by atoms with van der Waals surface area (Å²) in [6.45, 7) is 1.89. The number of carbonyl (C=O) groups excluding carboxylic acids is 1. The highest BCUT2D eigenvalue weighted by Gasteiger charge is 2.16. The molecular formula is C20H22ClNO3. The topological polar surface area (TPSA) is 38.8 Å². The minimum absolute atomic E-state index is 0.0364. The molecule has 1 unspecified atom stereocenters. The summed E-state index contributed by atoms with van der Waals surface area (Å²) in [7, 11) is 1.78. The summed E-state index contributed by atoms with van der Waals surface area (Å²) in [4.78, 5) is 14.2. The lowest BCUT2D eigenvalue weighted by atomic mass is 10.1. The number of hydrogen-bond donors (Lipinski definition) is 0. The Morgan fingerprint density at radius 2 is 2.08 bits per heavy atom. The van der Waals surface area contributed by atoms with Crippen LogP contribution in [0.4, 0.5) is 0 Å². The number of amides is 1. The number of benzene rings is 2. The van der Waals surface area contributed by atoms with Gasteiger partial charge in [0.25, 0.3) is 5.91 Å². The number of hydrogen-bond acceptors (Lipinski definition) is 3. The molecule has 1 atom stereocenters. The highest BCUT2D eigenvalue weighted by molar-refractivity contribution is 6.30. The van der Waals surface area contributed by atoms with Gasteiger partial charge in [0, 0.05) is 30.8 Å². The highest BCUT2D eigenvalue weighted by atomic mass is 35.5. The van der Waals surface area contributed by atoms with Gasteiger partial charge < -0.3 is 14.4 Å². The van der Waals surface area contributed by atoms with Crippen molar-refractivity contribution < 1.29 is 14.3 Å². The van der Waals surface area contributed by atoms with E-state index >= 15 is 0 Å². The number of nitrogens with zero attached hydrogens (tertiary/aromatic N) is 1. The zero-order valence-corrected chi connectivity index (χ0v) is 15.0. The number of ether oxygens (including phenoxy) is 2. The minimum Gasteiger partial charge on any atom is -0.491 e. The Labute approximate surface area is 153 Å². The van der Waals surface area contributed by atoms with E-state index in [1.54, 1.807) is 24.1 Å². The van der Waals surface area contributed by atoms with Crippen molar-refractivity contribution in [3.05, 3.63) is 64.7 Å². The minimum atomic E-state index is -0.0364. The van der Waals surface area contributed by atoms with Crippen molar-refractivity contribution in [3.63, 3.8) is 0 Å². The van der Waals surface area contributed by atoms with E-state index in [0.717, 1.165) is 30.8 Å². The first-order valence-electron chi connectivity index (χ1n) is 8.46. The fraction of sp³-hybridized carbons (Fsp3) is 0.350. The summed E-state index contributed by atoms with van der Waals surface area (Å²) in [5.41, 5.74) is 1.63. The first-order chi connectivity index (χ1) is 12.1. The van der Waals surface area contributed by atoms with Gasteiger partial charge in [-0.25, -0.2) is 0 Å². The maximum absolute atomic E-state index is 12.5. The molecule has 0 bridgehead atoms. The lowest BCUT2D eigenvalue weighted by Crippen LogP contribution is -2.26. The van der Waals surface area contributed by atoms with Crippen LogP contribution in [0.5, 0.6) is 5.75 Å². The first kappa shape index (κ1) is 17.8. The molecule has 1 fully saturated rings. The van der Waals surface area contributed by atoms with Gasteiger partial charge in [-0.3, -0.25) is 4.79 Å². The van der Waals surface area contributed by atoms with Crippen LogP contribution < -0.4 is 4.74 Å². The third-order valence-corrected chi connectivity index (χ3v) is 4.45. The van der Waals surface area contributed by atoms with Crippen LogP contribution in [0.1, 0.15) is 28.8 Å². The Bertz CT molecular complexity index is 711. The van der Waals surface area contributed by atoms with Crippen molar-refractivity contribution in [2.75, 3.05) is 20.3 Å². The standard InChI is InChI=1S/C20H22ClNO3/c1-22(13-15-4-2-5-17(21)12-15)20(23)16-7-9-18(10-8-16)25-14-19-6-3-11-24-19/h2,4-5,7-10,12,19H,3,6,11,13-14H2,1H3. The van der Waals surface area contributed by atoms with Crippen molar-refractivity contribution in [1.82, 2.24) is 4.90 Å². The van der Waals surface area contributed by atoms with E-state index < -0.39 is 0 Å². The lowest BCUT2D eigenvalue weighted by molar-refractivity contribution is 0.0679. The molecule has 4 nitrogen and oxygen atoms in total. The van der Waals surface area contributed by atoms with Crippen LogP contribution in [-0.2, 0) is 11.3 Å². The highest BCUT2D eigenvalue weighted by Crippen LogP contribution is 2.18. The van der Waals surface area contributed by atoms with Crippen molar-refractivity contribution in [3.8, 4) is 5.75 Å². The average molecular weight is 360 g/mol. The average Bonchev–Trinajstić information content (AvgIpc) is 3.13. The summed E-state index contributed by atoms with van der Waals surface area (Å²) < 4.78 is 11.3. The van der Waals surface area contributed by atoms with Crippen molar-refractivity contribution in [2.45, 2.75) is 25.5 Å². The molecule has 0 N–H and O–H groups in total. The van der Waals surface area contributed by atoms with Gasteiger partial charge in [0.15, 0.2) is 0 Å². The Balaban J connectivity index is 1.55. The Morgan fingerprint density at radius 1 is 1.28 bits per heavy atom. The second kappa shape index (κ2) is 8.37. The molecule has 0 aliphatic carbocycles. The third kappa shape index (κ3) is 4.97. The molecule has 0 aromatic heterocycles. The fourth-order valence-corrected chi connectivity index (χ4v) is 3.07. The SMILES string of the molecule is CN(Cc1cccc(Cl)c1)C(=O)c1ccc(OCC2CCCO2)cc1. The molecule has 1 aliphatic rings. The van der Waals surface area contributed by atoms with Crippen LogP contribution in [0.2, 0.25) is 5.02 Å². The third-order valence-electron chi connectivity index (χ3n) is 4.22. The van der Waals surface area contributed by atoms with Gasteiger partial charge in [0.1, 0.15) is 12.4 Å². The summed E-state index contributed by atoms with van der Waals surface area (Å²) in [6, 6.07) is 14.8. The molecule has 2 aromatic rings. The maximum atomic E-state index is 12.5. The van der Waals surface area contributed by atoms with E-state index in [9.17, 15) is 4.79 Å². The molecule has 0 spiro atoms. The molecule has 25 heavy (non-hydrogen) atoms. The summed E-state index contributed by atoms with van der Waals surface area (Å²) in [5.74, 6) is 0.718. The molecule has 1 saturated heterocycles. The fourth-order valence-electron chi connectivity index (χ4n) is 2.86. The van der Waals surface area contributed by atoms with Gasteiger partial charge in [-0.15, -0.1) is 0 Å². The van der Waals surface area contributed by atoms with Crippen molar-refractivity contribution in [1.29, 1.82) is 0 Å². The molecule has 2 aromatic carbocycles. The van der Waals surface area contributed by atoms with Gasteiger partial charge in [-0.1, -0.05) is 23.7 Å². The van der Waals surface area contributed by atoms with Crippen LogP contribution in [0.15, 0.2) is 48.5 Å². The van der Waals surface area contributed by atoms with E-state index in [0.29, 0.717) is 23.7 Å². The molecule has 132 valence electrons. The molecule has 0 radical (unpaired) electrons. The van der Waals surface area contributed by atoms with E-state index in [4.69, 9.17) is 21.1 Å². The number of rotatable bonds is 6. The molecule has 5 heteroatoms.